The van der Waals surface area contributed by atoms with Crippen molar-refractivity contribution in [3.05, 3.63) is 60.4 Å². The van der Waals surface area contributed by atoms with Gasteiger partial charge in [-0.1, -0.05) is 55.9 Å². The third-order valence-corrected chi connectivity index (χ3v) is 6.59. The molecule has 1 aromatic heterocycles. The first-order valence-corrected chi connectivity index (χ1v) is 11.5. The van der Waals surface area contributed by atoms with Gasteiger partial charge in [-0.3, -0.25) is 9.36 Å². The van der Waals surface area contributed by atoms with Crippen molar-refractivity contribution in [2.45, 2.75) is 37.6 Å². The number of likely N-dealkylation sites (tertiary alicyclic amines) is 1. The topological polar surface area (TPSA) is 51.0 Å². The highest BCUT2D eigenvalue weighted by Gasteiger charge is 2.30. The van der Waals surface area contributed by atoms with E-state index in [0.29, 0.717) is 22.8 Å². The van der Waals surface area contributed by atoms with Crippen LogP contribution in [-0.4, -0.2) is 43.9 Å². The Morgan fingerprint density at radius 3 is 2.32 bits per heavy atom. The Balaban J connectivity index is 1.64. The Labute approximate surface area is 186 Å². The molecule has 31 heavy (non-hydrogen) atoms. The van der Waals surface area contributed by atoms with Gasteiger partial charge in [-0.05, 0) is 49.4 Å². The van der Waals surface area contributed by atoms with Crippen molar-refractivity contribution in [1.82, 2.24) is 19.7 Å². The number of thioether (sulfide) groups is 1. The number of halogens is 1. The summed E-state index contributed by atoms with van der Waals surface area (Å²) in [5.41, 5.74) is 1.66. The van der Waals surface area contributed by atoms with Crippen LogP contribution in [0.1, 0.15) is 27.2 Å². The average Bonchev–Trinajstić information content (AvgIpc) is 3.17. The molecule has 1 amide bonds. The number of carbonyl (C=O) groups is 1. The maximum absolute atomic E-state index is 13.5. The quantitative estimate of drug-likeness (QED) is 0.523. The van der Waals surface area contributed by atoms with E-state index >= 15 is 0 Å². The number of hydrogen-bond acceptors (Lipinski definition) is 4. The minimum absolute atomic E-state index is 0.123. The summed E-state index contributed by atoms with van der Waals surface area (Å²) in [6.07, 6.45) is 1.16. The average molecular weight is 439 g/mol. The smallest absolute Gasteiger partial charge is 0.235 e. The summed E-state index contributed by atoms with van der Waals surface area (Å²) in [6.45, 7) is 7.92. The first kappa shape index (κ1) is 21.6. The van der Waals surface area contributed by atoms with Crippen molar-refractivity contribution in [3.8, 4) is 17.1 Å². The second-order valence-electron chi connectivity index (χ2n) is 8.43. The lowest BCUT2D eigenvalue weighted by Gasteiger charge is -2.36. The monoisotopic (exact) mass is 438 g/mol. The van der Waals surface area contributed by atoms with Crippen molar-refractivity contribution in [2.75, 3.05) is 13.1 Å². The maximum Gasteiger partial charge on any atom is 0.235 e. The summed E-state index contributed by atoms with van der Waals surface area (Å²) < 4.78 is 15.4. The lowest BCUT2D eigenvalue weighted by atomic mass is 9.92. The SMILES string of the molecule is CC1CC(C)CN(C(=O)C(C)Sc2nnc(-c3ccccc3)n2-c2ccc(F)cc2)C1. The highest BCUT2D eigenvalue weighted by molar-refractivity contribution is 8.00. The van der Waals surface area contributed by atoms with Crippen LogP contribution < -0.4 is 0 Å². The third kappa shape index (κ3) is 4.82. The van der Waals surface area contributed by atoms with Crippen LogP contribution in [0.5, 0.6) is 0 Å². The fourth-order valence-electron chi connectivity index (χ4n) is 4.25. The number of benzene rings is 2. The fourth-order valence-corrected chi connectivity index (χ4v) is 5.20. The molecule has 4 rings (SSSR count). The fraction of sp³-hybridized carbons (Fsp3) is 0.375. The van der Waals surface area contributed by atoms with Gasteiger partial charge in [0.15, 0.2) is 11.0 Å². The summed E-state index contributed by atoms with van der Waals surface area (Å²) in [7, 11) is 0. The molecule has 0 spiro atoms. The van der Waals surface area contributed by atoms with E-state index in [1.165, 1.54) is 23.9 Å². The van der Waals surface area contributed by atoms with E-state index in [1.54, 1.807) is 12.1 Å². The van der Waals surface area contributed by atoms with Gasteiger partial charge < -0.3 is 4.90 Å². The van der Waals surface area contributed by atoms with E-state index in [9.17, 15) is 9.18 Å². The van der Waals surface area contributed by atoms with E-state index < -0.39 is 0 Å². The highest BCUT2D eigenvalue weighted by Crippen LogP contribution is 2.32. The van der Waals surface area contributed by atoms with Gasteiger partial charge in [0.2, 0.25) is 5.91 Å². The molecule has 0 radical (unpaired) electrons. The molecule has 2 heterocycles. The van der Waals surface area contributed by atoms with Crippen LogP contribution in [0.3, 0.4) is 0 Å². The van der Waals surface area contributed by atoms with Crippen LogP contribution in [0.2, 0.25) is 0 Å². The molecule has 1 fully saturated rings. The Morgan fingerprint density at radius 1 is 1.03 bits per heavy atom. The number of nitrogens with zero attached hydrogens (tertiary/aromatic N) is 4. The molecule has 0 N–H and O–H groups in total. The molecule has 3 atom stereocenters. The number of rotatable bonds is 5. The number of aromatic nitrogens is 3. The molecule has 1 aliphatic rings. The van der Waals surface area contributed by atoms with E-state index in [4.69, 9.17) is 0 Å². The number of amides is 1. The third-order valence-electron chi connectivity index (χ3n) is 5.56. The molecule has 7 heteroatoms. The Morgan fingerprint density at radius 2 is 1.68 bits per heavy atom. The Kier molecular flexibility index (Phi) is 6.41. The number of carbonyl (C=O) groups excluding carboxylic acids is 1. The van der Waals surface area contributed by atoms with Crippen LogP contribution in [0.15, 0.2) is 59.8 Å². The molecular formula is C24H27FN4OS. The summed E-state index contributed by atoms with van der Waals surface area (Å²) in [6, 6.07) is 16.0. The lowest BCUT2D eigenvalue weighted by Crippen LogP contribution is -2.45. The molecule has 5 nitrogen and oxygen atoms in total. The Bertz CT molecular complexity index is 1030. The van der Waals surface area contributed by atoms with Crippen LogP contribution >= 0.6 is 11.8 Å². The normalized spacial score (nSPS) is 19.9. The van der Waals surface area contributed by atoms with Crippen LogP contribution in [0, 0.1) is 17.7 Å². The molecule has 162 valence electrons. The van der Waals surface area contributed by atoms with Crippen LogP contribution in [0.4, 0.5) is 4.39 Å². The molecule has 2 aromatic carbocycles. The minimum atomic E-state index is -0.302. The zero-order valence-electron chi connectivity index (χ0n) is 18.0. The van der Waals surface area contributed by atoms with Gasteiger partial charge in [0.25, 0.3) is 0 Å². The predicted molar refractivity (Wildman–Crippen MR) is 122 cm³/mol. The summed E-state index contributed by atoms with van der Waals surface area (Å²) >= 11 is 1.39. The first-order chi connectivity index (χ1) is 14.9. The molecule has 1 saturated heterocycles. The zero-order valence-corrected chi connectivity index (χ0v) is 18.8. The second-order valence-corrected chi connectivity index (χ2v) is 9.74. The summed E-state index contributed by atoms with van der Waals surface area (Å²) in [5.74, 6) is 1.51. The van der Waals surface area contributed by atoms with E-state index in [1.807, 2.05) is 46.7 Å². The molecule has 1 aliphatic heterocycles. The molecule has 0 bridgehead atoms. The number of piperidine rings is 1. The summed E-state index contributed by atoms with van der Waals surface area (Å²) in [5, 5.41) is 9.12. The van der Waals surface area contributed by atoms with Gasteiger partial charge in [-0.2, -0.15) is 0 Å². The molecule has 3 unspecified atom stereocenters. The Hall–Kier alpha value is -2.67. The van der Waals surface area contributed by atoms with Gasteiger partial charge in [-0.25, -0.2) is 4.39 Å². The van der Waals surface area contributed by atoms with Crippen molar-refractivity contribution >= 4 is 17.7 Å². The van der Waals surface area contributed by atoms with Gasteiger partial charge in [-0.15, -0.1) is 10.2 Å². The van der Waals surface area contributed by atoms with Gasteiger partial charge in [0, 0.05) is 24.3 Å². The molecular weight excluding hydrogens is 411 g/mol. The second kappa shape index (κ2) is 9.22. The van der Waals surface area contributed by atoms with Crippen molar-refractivity contribution < 1.29 is 9.18 Å². The minimum Gasteiger partial charge on any atom is -0.341 e. The largest absolute Gasteiger partial charge is 0.341 e. The first-order valence-electron chi connectivity index (χ1n) is 10.6. The molecule has 0 aliphatic carbocycles. The predicted octanol–water partition coefficient (Wildman–Crippen LogP) is 5.06. The van der Waals surface area contributed by atoms with Crippen molar-refractivity contribution in [1.29, 1.82) is 0 Å². The standard InChI is InChI=1S/C24H27FN4OS/c1-16-13-17(2)15-28(14-16)23(30)18(3)31-24-27-26-22(19-7-5-4-6-8-19)29(24)21-11-9-20(25)10-12-21/h4-12,16-18H,13-15H2,1-3H3. The number of hydrogen-bond donors (Lipinski definition) is 0. The van der Waals surface area contributed by atoms with E-state index in [2.05, 4.69) is 24.0 Å². The lowest BCUT2D eigenvalue weighted by molar-refractivity contribution is -0.132. The molecule has 3 aromatic rings. The van der Waals surface area contributed by atoms with Crippen LogP contribution in [0.25, 0.3) is 17.1 Å². The maximum atomic E-state index is 13.5. The van der Waals surface area contributed by atoms with Gasteiger partial charge >= 0.3 is 0 Å². The van der Waals surface area contributed by atoms with Gasteiger partial charge in [0.05, 0.1) is 5.25 Å². The summed E-state index contributed by atoms with van der Waals surface area (Å²) in [4.78, 5) is 15.1. The van der Waals surface area contributed by atoms with Crippen molar-refractivity contribution in [3.63, 3.8) is 0 Å². The van der Waals surface area contributed by atoms with E-state index in [-0.39, 0.29) is 17.0 Å². The van der Waals surface area contributed by atoms with Gasteiger partial charge in [0.1, 0.15) is 5.82 Å². The van der Waals surface area contributed by atoms with E-state index in [0.717, 1.165) is 30.8 Å². The molecule has 0 saturated carbocycles. The van der Waals surface area contributed by atoms with Crippen LogP contribution in [-0.2, 0) is 4.79 Å². The zero-order chi connectivity index (χ0) is 22.0. The van der Waals surface area contributed by atoms with Crippen molar-refractivity contribution in [2.24, 2.45) is 11.8 Å². The highest BCUT2D eigenvalue weighted by atomic mass is 32.2.